The van der Waals surface area contributed by atoms with Crippen LogP contribution in [-0.4, -0.2) is 40.6 Å². The fraction of sp³-hybridized carbons (Fsp3) is 0.385. The highest BCUT2D eigenvalue weighted by atomic mass is 16.5. The third-order valence-corrected chi connectivity index (χ3v) is 7.06. The molecular formula is C26H28N2O4. The molecule has 0 radical (unpaired) electrons. The number of ether oxygens (including phenoxy) is 1. The average Bonchev–Trinajstić information content (AvgIpc) is 3.11. The summed E-state index contributed by atoms with van der Waals surface area (Å²) in [7, 11) is 3.49. The van der Waals surface area contributed by atoms with Crippen molar-refractivity contribution in [1.82, 2.24) is 9.47 Å². The molecule has 1 aliphatic heterocycles. The van der Waals surface area contributed by atoms with Gasteiger partial charge in [0.2, 0.25) is 5.91 Å². The molecule has 0 saturated heterocycles. The Morgan fingerprint density at radius 2 is 1.88 bits per heavy atom. The summed E-state index contributed by atoms with van der Waals surface area (Å²) in [6.07, 6.45) is 5.82. The lowest BCUT2D eigenvalue weighted by Crippen LogP contribution is -2.32. The Morgan fingerprint density at radius 1 is 1.09 bits per heavy atom. The van der Waals surface area contributed by atoms with Gasteiger partial charge in [-0.1, -0.05) is 37.5 Å². The van der Waals surface area contributed by atoms with Crippen molar-refractivity contribution >= 4 is 22.8 Å². The van der Waals surface area contributed by atoms with Crippen molar-refractivity contribution in [3.05, 3.63) is 53.1 Å². The largest absolute Gasteiger partial charge is 0.496 e. The Bertz CT molecular complexity index is 1220. The van der Waals surface area contributed by atoms with Crippen molar-refractivity contribution in [2.45, 2.75) is 51.1 Å². The average molecular weight is 433 g/mol. The number of nitrogens with zero attached hydrogens (tertiary/aromatic N) is 2. The second-order valence-corrected chi connectivity index (χ2v) is 8.96. The zero-order chi connectivity index (χ0) is 22.4. The quantitative estimate of drug-likeness (QED) is 0.630. The zero-order valence-corrected chi connectivity index (χ0v) is 18.6. The third-order valence-electron chi connectivity index (χ3n) is 7.06. The zero-order valence-electron chi connectivity index (χ0n) is 18.6. The van der Waals surface area contributed by atoms with Gasteiger partial charge in [0.1, 0.15) is 12.3 Å². The van der Waals surface area contributed by atoms with Crippen molar-refractivity contribution in [2.24, 2.45) is 0 Å². The first kappa shape index (κ1) is 20.6. The fourth-order valence-electron chi connectivity index (χ4n) is 5.49. The smallest absolute Gasteiger partial charge is 0.335 e. The van der Waals surface area contributed by atoms with Crippen LogP contribution in [0.1, 0.15) is 59.5 Å². The predicted molar refractivity (Wildman–Crippen MR) is 123 cm³/mol. The van der Waals surface area contributed by atoms with Gasteiger partial charge in [0.25, 0.3) is 0 Å². The molecule has 5 rings (SSSR count). The maximum Gasteiger partial charge on any atom is 0.335 e. The van der Waals surface area contributed by atoms with Crippen LogP contribution < -0.4 is 4.74 Å². The molecule has 1 aromatic heterocycles. The van der Waals surface area contributed by atoms with Gasteiger partial charge in [0, 0.05) is 24.5 Å². The summed E-state index contributed by atoms with van der Waals surface area (Å²) in [6.45, 7) is 0.687. The minimum absolute atomic E-state index is 0.00698. The molecule has 6 nitrogen and oxygen atoms in total. The predicted octanol–water partition coefficient (Wildman–Crippen LogP) is 5.03. The monoisotopic (exact) mass is 432 g/mol. The second kappa shape index (κ2) is 8.01. The lowest BCUT2D eigenvalue weighted by Gasteiger charge is -2.28. The number of carboxylic acids is 1. The van der Waals surface area contributed by atoms with E-state index in [1.807, 2.05) is 29.8 Å². The SMILES string of the molecule is COc1cccc2c1-c1c(C3CCCCC3)c3ccc(C(=O)O)cc3n1CC(=O)N(C)C2. The van der Waals surface area contributed by atoms with E-state index in [0.29, 0.717) is 12.5 Å². The number of aromatic nitrogens is 1. The van der Waals surface area contributed by atoms with Crippen LogP contribution in [0.25, 0.3) is 22.2 Å². The Balaban J connectivity index is 1.91. The van der Waals surface area contributed by atoms with E-state index in [4.69, 9.17) is 4.74 Å². The Kier molecular flexibility index (Phi) is 5.16. The van der Waals surface area contributed by atoms with E-state index in [1.165, 1.54) is 24.8 Å². The van der Waals surface area contributed by atoms with Crippen molar-refractivity contribution < 1.29 is 19.4 Å². The number of carboxylic acid groups (broad SMARTS) is 1. The molecule has 0 unspecified atom stereocenters. The number of fused-ring (bicyclic) bond motifs is 5. The van der Waals surface area contributed by atoms with Gasteiger partial charge in [-0.2, -0.15) is 0 Å². The lowest BCUT2D eigenvalue weighted by molar-refractivity contribution is -0.131. The number of likely N-dealkylation sites (N-methyl/N-ethyl adjacent to an activating group) is 1. The highest BCUT2D eigenvalue weighted by Crippen LogP contribution is 2.48. The van der Waals surface area contributed by atoms with Gasteiger partial charge in [0.15, 0.2) is 0 Å². The van der Waals surface area contributed by atoms with E-state index in [-0.39, 0.29) is 18.0 Å². The van der Waals surface area contributed by atoms with E-state index >= 15 is 0 Å². The Morgan fingerprint density at radius 3 is 2.59 bits per heavy atom. The van der Waals surface area contributed by atoms with Crippen molar-refractivity contribution in [3.8, 4) is 17.0 Å². The Labute approximate surface area is 187 Å². The standard InChI is InChI=1S/C26H28N2O4/c1-27-14-18-9-6-10-21(32-2)24(18)25-23(16-7-4-3-5-8-16)19-12-11-17(26(30)31)13-20(19)28(25)15-22(27)29/h6,9-13,16H,3-5,7-8,14-15H2,1-2H3,(H,30,31). The van der Waals surface area contributed by atoms with Crippen LogP contribution in [-0.2, 0) is 17.9 Å². The molecule has 1 amide bonds. The fourth-order valence-corrected chi connectivity index (χ4v) is 5.49. The molecule has 0 atom stereocenters. The molecule has 3 aromatic rings. The van der Waals surface area contributed by atoms with Crippen LogP contribution in [0.3, 0.4) is 0 Å². The van der Waals surface area contributed by atoms with Crippen LogP contribution in [0.2, 0.25) is 0 Å². The lowest BCUT2D eigenvalue weighted by atomic mass is 9.81. The molecule has 2 aromatic carbocycles. The summed E-state index contributed by atoms with van der Waals surface area (Å²) in [5.74, 6) is 0.203. The van der Waals surface area contributed by atoms with E-state index in [1.54, 1.807) is 24.1 Å². The van der Waals surface area contributed by atoms with Gasteiger partial charge in [0.05, 0.1) is 23.9 Å². The molecule has 2 aliphatic rings. The summed E-state index contributed by atoms with van der Waals surface area (Å²) < 4.78 is 7.85. The molecule has 1 N–H and O–H groups in total. The van der Waals surface area contributed by atoms with Crippen molar-refractivity contribution in [3.63, 3.8) is 0 Å². The van der Waals surface area contributed by atoms with Crippen LogP contribution in [0.15, 0.2) is 36.4 Å². The van der Waals surface area contributed by atoms with E-state index in [9.17, 15) is 14.7 Å². The Hall–Kier alpha value is -3.28. The molecule has 1 fully saturated rings. The topological polar surface area (TPSA) is 71.8 Å². The van der Waals surface area contributed by atoms with Crippen molar-refractivity contribution in [2.75, 3.05) is 14.2 Å². The van der Waals surface area contributed by atoms with E-state index in [0.717, 1.165) is 46.3 Å². The molecule has 0 spiro atoms. The molecule has 2 heterocycles. The molecule has 1 saturated carbocycles. The normalized spacial score (nSPS) is 16.9. The number of carbonyl (C=O) groups is 2. The molecule has 32 heavy (non-hydrogen) atoms. The molecule has 0 bridgehead atoms. The highest BCUT2D eigenvalue weighted by molar-refractivity contribution is 6.00. The van der Waals surface area contributed by atoms with Crippen LogP contribution >= 0.6 is 0 Å². The number of rotatable bonds is 3. The van der Waals surface area contributed by atoms with Gasteiger partial charge in [-0.05, 0) is 48.1 Å². The van der Waals surface area contributed by atoms with Gasteiger partial charge < -0.3 is 19.3 Å². The summed E-state index contributed by atoms with van der Waals surface area (Å²) in [5.41, 5.74) is 5.35. The summed E-state index contributed by atoms with van der Waals surface area (Å²) in [5, 5.41) is 10.7. The molecule has 1 aliphatic carbocycles. The molecule has 6 heteroatoms. The first-order valence-corrected chi connectivity index (χ1v) is 11.3. The number of benzene rings is 2. The molecule has 166 valence electrons. The third kappa shape index (κ3) is 3.25. The number of methoxy groups -OCH3 is 1. The second-order valence-electron chi connectivity index (χ2n) is 8.96. The number of carbonyl (C=O) groups excluding carboxylic acids is 1. The van der Waals surface area contributed by atoms with Crippen LogP contribution in [0.5, 0.6) is 5.75 Å². The summed E-state index contributed by atoms with van der Waals surface area (Å²) in [4.78, 5) is 26.6. The first-order chi connectivity index (χ1) is 15.5. The van der Waals surface area contributed by atoms with Crippen LogP contribution in [0, 0.1) is 0 Å². The maximum absolute atomic E-state index is 13.1. The van der Waals surface area contributed by atoms with Gasteiger partial charge in [-0.25, -0.2) is 4.79 Å². The van der Waals surface area contributed by atoms with E-state index in [2.05, 4.69) is 6.07 Å². The highest BCUT2D eigenvalue weighted by Gasteiger charge is 2.32. The number of hydrogen-bond acceptors (Lipinski definition) is 3. The summed E-state index contributed by atoms with van der Waals surface area (Å²) >= 11 is 0. The number of amides is 1. The number of hydrogen-bond donors (Lipinski definition) is 1. The van der Waals surface area contributed by atoms with Gasteiger partial charge in [-0.3, -0.25) is 4.79 Å². The van der Waals surface area contributed by atoms with Crippen molar-refractivity contribution in [1.29, 1.82) is 0 Å². The van der Waals surface area contributed by atoms with Gasteiger partial charge in [-0.15, -0.1) is 0 Å². The molecular weight excluding hydrogens is 404 g/mol. The van der Waals surface area contributed by atoms with Gasteiger partial charge >= 0.3 is 5.97 Å². The minimum atomic E-state index is -0.964. The van der Waals surface area contributed by atoms with E-state index < -0.39 is 5.97 Å². The first-order valence-electron chi connectivity index (χ1n) is 11.3. The van der Waals surface area contributed by atoms with Crippen LogP contribution in [0.4, 0.5) is 0 Å². The summed E-state index contributed by atoms with van der Waals surface area (Å²) in [6, 6.07) is 11.3. The number of aromatic carboxylic acids is 1. The maximum atomic E-state index is 13.1. The minimum Gasteiger partial charge on any atom is -0.496 e.